The van der Waals surface area contributed by atoms with Crippen molar-refractivity contribution in [1.29, 1.82) is 0 Å². The molecule has 182 valence electrons. The molecule has 0 aromatic heterocycles. The molecule has 2 rings (SSSR count). The molecule has 0 spiro atoms. The molecule has 33 heavy (non-hydrogen) atoms. The van der Waals surface area contributed by atoms with E-state index in [4.69, 9.17) is 4.74 Å². The van der Waals surface area contributed by atoms with Crippen LogP contribution in [-0.2, 0) is 17.7 Å². The van der Waals surface area contributed by atoms with E-state index in [2.05, 4.69) is 16.7 Å². The van der Waals surface area contributed by atoms with Gasteiger partial charge in [0.15, 0.2) is 0 Å². The molecule has 9 heteroatoms. The molecule has 0 saturated carbocycles. The molecule has 0 bridgehead atoms. The molecular formula is C24H33F2N3O3S. The molecular weight excluding hydrogens is 448 g/mol. The first kappa shape index (κ1) is 27.0. The van der Waals surface area contributed by atoms with Crippen LogP contribution in [0.1, 0.15) is 31.9 Å². The van der Waals surface area contributed by atoms with Gasteiger partial charge in [0.1, 0.15) is 17.2 Å². The van der Waals surface area contributed by atoms with Crippen molar-refractivity contribution in [2.45, 2.75) is 56.4 Å². The van der Waals surface area contributed by atoms with E-state index in [0.29, 0.717) is 12.1 Å². The maximum atomic E-state index is 13.6. The Morgan fingerprint density at radius 3 is 2.39 bits per heavy atom. The number of hydrogen-bond donors (Lipinski definition) is 3. The van der Waals surface area contributed by atoms with Gasteiger partial charge in [-0.15, -0.1) is 0 Å². The van der Waals surface area contributed by atoms with Crippen LogP contribution in [0.15, 0.2) is 47.4 Å². The van der Waals surface area contributed by atoms with Crippen molar-refractivity contribution >= 4 is 18.0 Å². The van der Waals surface area contributed by atoms with Gasteiger partial charge in [0, 0.05) is 24.1 Å². The second-order valence-electron chi connectivity index (χ2n) is 8.98. The smallest absolute Gasteiger partial charge is 0.407 e. The molecule has 3 N–H and O–H groups in total. The average Bonchev–Trinajstić information content (AvgIpc) is 2.65. The van der Waals surface area contributed by atoms with Gasteiger partial charge in [0.05, 0.1) is 12.1 Å². The Labute approximate surface area is 198 Å². The Bertz CT molecular complexity index is 902. The Morgan fingerprint density at radius 2 is 1.79 bits per heavy atom. The van der Waals surface area contributed by atoms with Crippen LogP contribution in [0.25, 0.3) is 0 Å². The summed E-state index contributed by atoms with van der Waals surface area (Å²) in [6.07, 6.45) is -1.70. The van der Waals surface area contributed by atoms with Crippen molar-refractivity contribution in [2.24, 2.45) is 0 Å². The first-order chi connectivity index (χ1) is 15.4. The van der Waals surface area contributed by atoms with Gasteiger partial charge >= 0.3 is 6.09 Å². The summed E-state index contributed by atoms with van der Waals surface area (Å²) in [5.41, 5.74) is 0.636. The number of amides is 1. The minimum absolute atomic E-state index is 0.0335. The Kier molecular flexibility index (Phi) is 10.1. The highest BCUT2D eigenvalue weighted by Crippen LogP contribution is 2.20. The third kappa shape index (κ3) is 10.5. The fourth-order valence-corrected chi connectivity index (χ4v) is 3.92. The lowest BCUT2D eigenvalue weighted by Crippen LogP contribution is -2.49. The van der Waals surface area contributed by atoms with Crippen LogP contribution in [0.3, 0.4) is 0 Å². The zero-order valence-corrected chi connectivity index (χ0v) is 20.5. The number of alkyl carbamates (subject to hydrolysis) is 1. The van der Waals surface area contributed by atoms with Crippen molar-refractivity contribution in [2.75, 3.05) is 20.6 Å². The maximum absolute atomic E-state index is 13.6. The lowest BCUT2D eigenvalue weighted by molar-refractivity contribution is 0.0422. The first-order valence-corrected chi connectivity index (χ1v) is 11.5. The summed E-state index contributed by atoms with van der Waals surface area (Å²) >= 11 is 1.61. The van der Waals surface area contributed by atoms with Crippen LogP contribution in [0, 0.1) is 11.6 Å². The second-order valence-corrected chi connectivity index (χ2v) is 10.4. The monoisotopic (exact) mass is 481 g/mol. The van der Waals surface area contributed by atoms with E-state index in [1.807, 2.05) is 36.6 Å². The number of ether oxygens (including phenoxy) is 1. The van der Waals surface area contributed by atoms with Gasteiger partial charge in [-0.05, 0) is 88.6 Å². The van der Waals surface area contributed by atoms with Crippen LogP contribution in [0.2, 0.25) is 0 Å². The molecule has 0 aliphatic rings. The van der Waals surface area contributed by atoms with E-state index in [1.165, 1.54) is 12.1 Å². The lowest BCUT2D eigenvalue weighted by Gasteiger charge is -2.27. The summed E-state index contributed by atoms with van der Waals surface area (Å²) in [6, 6.07) is 10.3. The van der Waals surface area contributed by atoms with E-state index in [0.717, 1.165) is 16.5 Å². The third-order valence-corrected chi connectivity index (χ3v) is 5.24. The molecule has 1 unspecified atom stereocenters. The molecule has 0 saturated heterocycles. The van der Waals surface area contributed by atoms with Crippen molar-refractivity contribution in [3.8, 4) is 0 Å². The average molecular weight is 482 g/mol. The molecule has 0 aliphatic heterocycles. The predicted octanol–water partition coefficient (Wildman–Crippen LogP) is 4.12. The molecule has 0 aliphatic carbocycles. The number of hydrogen-bond acceptors (Lipinski definition) is 6. The summed E-state index contributed by atoms with van der Waals surface area (Å²) < 4.78 is 34.6. The zero-order valence-electron chi connectivity index (χ0n) is 19.7. The summed E-state index contributed by atoms with van der Waals surface area (Å²) in [4.78, 5) is 13.4. The van der Waals surface area contributed by atoms with E-state index in [9.17, 15) is 18.7 Å². The lowest BCUT2D eigenvalue weighted by atomic mass is 10.0. The molecule has 2 atom stereocenters. The standard InChI is InChI=1S/C24H33F2N3O3S/c1-24(2,3)32-23(31)28-21(12-17-9-18(25)13-19(26)10-17)22(30)15-27-14-16-7-6-8-20(11-16)33-29(4)5/h6-11,13,21-22,27,30H,12,14-15H2,1-5H3,(H,28,31)/t21?,22-/m1/s1. The van der Waals surface area contributed by atoms with Crippen molar-refractivity contribution < 1.29 is 23.4 Å². The topological polar surface area (TPSA) is 73.8 Å². The molecule has 0 radical (unpaired) electrons. The fourth-order valence-electron chi connectivity index (χ4n) is 3.15. The first-order valence-electron chi connectivity index (χ1n) is 10.7. The zero-order chi connectivity index (χ0) is 24.6. The summed E-state index contributed by atoms with van der Waals surface area (Å²) in [5.74, 6) is -1.44. The minimum atomic E-state index is -1.02. The summed E-state index contributed by atoms with van der Waals surface area (Å²) in [6.45, 7) is 5.84. The van der Waals surface area contributed by atoms with Gasteiger partial charge in [-0.2, -0.15) is 0 Å². The summed E-state index contributed by atoms with van der Waals surface area (Å²) in [7, 11) is 3.93. The number of aliphatic hydroxyl groups excluding tert-OH is 1. The fraction of sp³-hybridized carbons (Fsp3) is 0.458. The van der Waals surface area contributed by atoms with E-state index in [1.54, 1.807) is 32.7 Å². The SMILES string of the molecule is CN(C)Sc1cccc(CNC[C@@H](O)C(Cc2cc(F)cc(F)c2)NC(=O)OC(C)(C)C)c1. The van der Waals surface area contributed by atoms with Crippen LogP contribution in [-0.4, -0.2) is 53.9 Å². The number of carbonyl (C=O) groups excluding carboxylic acids is 1. The van der Waals surface area contributed by atoms with Crippen LogP contribution in [0.5, 0.6) is 0 Å². The van der Waals surface area contributed by atoms with Gasteiger partial charge in [0.25, 0.3) is 0 Å². The second kappa shape index (κ2) is 12.3. The summed E-state index contributed by atoms with van der Waals surface area (Å²) in [5, 5.41) is 16.6. The quantitative estimate of drug-likeness (QED) is 0.444. The van der Waals surface area contributed by atoms with Gasteiger partial charge in [-0.25, -0.2) is 13.6 Å². The van der Waals surface area contributed by atoms with E-state index < -0.39 is 35.5 Å². The largest absolute Gasteiger partial charge is 0.444 e. The molecule has 2 aromatic carbocycles. The number of nitrogens with one attached hydrogen (secondary N) is 2. The van der Waals surface area contributed by atoms with Crippen LogP contribution in [0.4, 0.5) is 13.6 Å². The highest BCUT2D eigenvalue weighted by Gasteiger charge is 2.25. The van der Waals surface area contributed by atoms with Crippen molar-refractivity contribution in [1.82, 2.24) is 14.9 Å². The number of carbonyl (C=O) groups is 1. The third-order valence-electron chi connectivity index (χ3n) is 4.41. The van der Waals surface area contributed by atoms with Crippen LogP contribution < -0.4 is 10.6 Å². The highest BCUT2D eigenvalue weighted by atomic mass is 32.2. The molecule has 0 heterocycles. The van der Waals surface area contributed by atoms with E-state index in [-0.39, 0.29) is 13.0 Å². The maximum Gasteiger partial charge on any atom is 0.407 e. The molecule has 0 fully saturated rings. The van der Waals surface area contributed by atoms with Crippen LogP contribution >= 0.6 is 11.9 Å². The number of nitrogens with zero attached hydrogens (tertiary/aromatic N) is 1. The van der Waals surface area contributed by atoms with Gasteiger partial charge < -0.3 is 20.5 Å². The number of aliphatic hydroxyl groups is 1. The highest BCUT2D eigenvalue weighted by molar-refractivity contribution is 7.97. The Balaban J connectivity index is 2.04. The van der Waals surface area contributed by atoms with E-state index >= 15 is 0 Å². The van der Waals surface area contributed by atoms with Gasteiger partial charge in [0.2, 0.25) is 0 Å². The van der Waals surface area contributed by atoms with Crippen molar-refractivity contribution in [3.63, 3.8) is 0 Å². The normalized spacial score (nSPS) is 13.6. The molecule has 1 amide bonds. The van der Waals surface area contributed by atoms with Crippen molar-refractivity contribution in [3.05, 3.63) is 65.2 Å². The Hall–Kier alpha value is -2.20. The van der Waals surface area contributed by atoms with Gasteiger partial charge in [-0.3, -0.25) is 4.31 Å². The number of benzene rings is 2. The number of rotatable bonds is 10. The molecule has 6 nitrogen and oxygen atoms in total. The van der Waals surface area contributed by atoms with Gasteiger partial charge in [-0.1, -0.05) is 12.1 Å². The number of halogens is 2. The molecule has 2 aromatic rings. The Morgan fingerprint density at radius 1 is 1.12 bits per heavy atom. The minimum Gasteiger partial charge on any atom is -0.444 e. The predicted molar refractivity (Wildman–Crippen MR) is 127 cm³/mol.